The van der Waals surface area contributed by atoms with Crippen LogP contribution >= 0.6 is 0 Å². The van der Waals surface area contributed by atoms with Crippen molar-refractivity contribution < 1.29 is 4.79 Å². The predicted octanol–water partition coefficient (Wildman–Crippen LogP) is 1.07. The smallest absolute Gasteiger partial charge is 0.329 e. The Morgan fingerprint density at radius 1 is 1.08 bits per heavy atom. The standard InChI is InChI=1S/C19H26N4O3/c24-17(20-10-7-13-22-11-5-1-2-6-12-22)14-23-18(25)15-8-3-4-9-16(15)21-19(23)26/h3-4,8-9H,1-2,5-7,10-14H2,(H,20,24)(H,21,26). The molecule has 7 heteroatoms. The zero-order valence-electron chi connectivity index (χ0n) is 15.0. The van der Waals surface area contributed by atoms with Gasteiger partial charge in [0.05, 0.1) is 10.9 Å². The highest BCUT2D eigenvalue weighted by Gasteiger charge is 2.12. The van der Waals surface area contributed by atoms with Crippen LogP contribution in [0.3, 0.4) is 0 Å². The zero-order valence-corrected chi connectivity index (χ0v) is 15.0. The number of rotatable bonds is 6. The number of hydrogen-bond donors (Lipinski definition) is 2. The number of amides is 1. The van der Waals surface area contributed by atoms with Gasteiger partial charge in [0, 0.05) is 6.54 Å². The summed E-state index contributed by atoms with van der Waals surface area (Å²) in [6.45, 7) is 3.53. The number of nitrogens with one attached hydrogen (secondary N) is 2. The van der Waals surface area contributed by atoms with Crippen LogP contribution in [-0.2, 0) is 11.3 Å². The number of H-pyrrole nitrogens is 1. The monoisotopic (exact) mass is 358 g/mol. The normalized spacial score (nSPS) is 15.7. The Hall–Kier alpha value is -2.41. The molecule has 0 unspecified atom stereocenters. The summed E-state index contributed by atoms with van der Waals surface area (Å²) < 4.78 is 0.951. The van der Waals surface area contributed by atoms with E-state index >= 15 is 0 Å². The lowest BCUT2D eigenvalue weighted by molar-refractivity contribution is -0.121. The van der Waals surface area contributed by atoms with Crippen LogP contribution < -0.4 is 16.6 Å². The first-order chi connectivity index (χ1) is 12.6. The first kappa shape index (κ1) is 18.4. The highest BCUT2D eigenvalue weighted by molar-refractivity contribution is 5.78. The first-order valence-electron chi connectivity index (χ1n) is 9.36. The number of fused-ring (bicyclic) bond motifs is 1. The molecule has 1 aliphatic rings. The Labute approximate surface area is 152 Å². The largest absolute Gasteiger partial charge is 0.354 e. The Bertz CT molecular complexity index is 863. The van der Waals surface area contributed by atoms with E-state index in [4.69, 9.17) is 0 Å². The molecule has 140 valence electrons. The molecular formula is C19H26N4O3. The lowest BCUT2D eigenvalue weighted by Crippen LogP contribution is -2.41. The van der Waals surface area contributed by atoms with Gasteiger partial charge in [0.25, 0.3) is 5.56 Å². The number of hydrogen-bond acceptors (Lipinski definition) is 4. The number of para-hydroxylation sites is 1. The van der Waals surface area contributed by atoms with Crippen molar-refractivity contribution in [3.05, 3.63) is 45.1 Å². The van der Waals surface area contributed by atoms with Crippen molar-refractivity contribution in [2.75, 3.05) is 26.2 Å². The zero-order chi connectivity index (χ0) is 18.4. The molecule has 1 amide bonds. The summed E-state index contributed by atoms with van der Waals surface area (Å²) in [6.07, 6.45) is 5.99. The van der Waals surface area contributed by atoms with Crippen LogP contribution in [0.25, 0.3) is 10.9 Å². The minimum Gasteiger partial charge on any atom is -0.354 e. The second kappa shape index (κ2) is 8.80. The molecule has 0 aliphatic carbocycles. The van der Waals surface area contributed by atoms with Gasteiger partial charge in [-0.25, -0.2) is 4.79 Å². The lowest BCUT2D eigenvalue weighted by Gasteiger charge is -2.19. The van der Waals surface area contributed by atoms with E-state index in [1.54, 1.807) is 24.3 Å². The summed E-state index contributed by atoms with van der Waals surface area (Å²) in [5.74, 6) is -0.316. The molecule has 0 radical (unpaired) electrons. The van der Waals surface area contributed by atoms with Gasteiger partial charge in [-0.3, -0.25) is 14.2 Å². The van der Waals surface area contributed by atoms with E-state index in [9.17, 15) is 14.4 Å². The summed E-state index contributed by atoms with van der Waals surface area (Å²) in [4.78, 5) is 41.7. The summed E-state index contributed by atoms with van der Waals surface area (Å²) in [7, 11) is 0. The fourth-order valence-corrected chi connectivity index (χ4v) is 3.43. The van der Waals surface area contributed by atoms with Crippen LogP contribution in [-0.4, -0.2) is 46.5 Å². The van der Waals surface area contributed by atoms with Crippen molar-refractivity contribution in [1.82, 2.24) is 19.8 Å². The molecule has 1 fully saturated rings. The Morgan fingerprint density at radius 3 is 2.58 bits per heavy atom. The van der Waals surface area contributed by atoms with E-state index in [0.717, 1.165) is 30.6 Å². The van der Waals surface area contributed by atoms with E-state index in [1.807, 2.05) is 0 Å². The van der Waals surface area contributed by atoms with Gasteiger partial charge in [0.2, 0.25) is 5.91 Å². The van der Waals surface area contributed by atoms with Crippen molar-refractivity contribution in [2.45, 2.75) is 38.6 Å². The van der Waals surface area contributed by atoms with Crippen LogP contribution in [0.5, 0.6) is 0 Å². The molecule has 7 nitrogen and oxygen atoms in total. The van der Waals surface area contributed by atoms with Gasteiger partial charge in [-0.2, -0.15) is 0 Å². The predicted molar refractivity (Wildman–Crippen MR) is 101 cm³/mol. The maximum absolute atomic E-state index is 12.4. The van der Waals surface area contributed by atoms with Gasteiger partial charge in [-0.05, 0) is 51.0 Å². The molecule has 1 aromatic carbocycles. The van der Waals surface area contributed by atoms with Crippen molar-refractivity contribution in [2.24, 2.45) is 0 Å². The molecule has 26 heavy (non-hydrogen) atoms. The SMILES string of the molecule is O=C(Cn1c(=O)[nH]c2ccccc2c1=O)NCCCN1CCCCCC1. The molecule has 1 aromatic heterocycles. The molecule has 0 bridgehead atoms. The number of aromatic nitrogens is 2. The number of nitrogens with zero attached hydrogens (tertiary/aromatic N) is 2. The van der Waals surface area contributed by atoms with Crippen LogP contribution in [0, 0.1) is 0 Å². The second-order valence-electron chi connectivity index (χ2n) is 6.83. The molecule has 0 atom stereocenters. The second-order valence-corrected chi connectivity index (χ2v) is 6.83. The molecule has 2 N–H and O–H groups in total. The van der Waals surface area contributed by atoms with Gasteiger partial charge in [-0.1, -0.05) is 25.0 Å². The van der Waals surface area contributed by atoms with Gasteiger partial charge in [0.1, 0.15) is 6.54 Å². The molecule has 1 saturated heterocycles. The fourth-order valence-electron chi connectivity index (χ4n) is 3.43. The summed E-state index contributed by atoms with van der Waals surface area (Å²) in [6, 6.07) is 6.79. The van der Waals surface area contributed by atoms with Gasteiger partial charge in [0.15, 0.2) is 0 Å². The van der Waals surface area contributed by atoms with Crippen LogP contribution in [0.4, 0.5) is 0 Å². The molecule has 1 aliphatic heterocycles. The van der Waals surface area contributed by atoms with Gasteiger partial charge in [-0.15, -0.1) is 0 Å². The van der Waals surface area contributed by atoms with E-state index in [1.165, 1.54) is 25.7 Å². The van der Waals surface area contributed by atoms with Crippen molar-refractivity contribution in [3.8, 4) is 0 Å². The summed E-state index contributed by atoms with van der Waals surface area (Å²) in [5, 5.41) is 3.21. The highest BCUT2D eigenvalue weighted by atomic mass is 16.2. The van der Waals surface area contributed by atoms with E-state index in [-0.39, 0.29) is 12.5 Å². The van der Waals surface area contributed by atoms with E-state index in [2.05, 4.69) is 15.2 Å². The van der Waals surface area contributed by atoms with Gasteiger partial charge >= 0.3 is 5.69 Å². The fraction of sp³-hybridized carbons (Fsp3) is 0.526. The number of aromatic amines is 1. The van der Waals surface area contributed by atoms with Crippen LogP contribution in [0.2, 0.25) is 0 Å². The number of benzene rings is 1. The minimum absolute atomic E-state index is 0.261. The molecule has 0 saturated carbocycles. The number of carbonyl (C=O) groups excluding carboxylic acids is 1. The molecular weight excluding hydrogens is 332 g/mol. The minimum atomic E-state index is -0.562. The quantitative estimate of drug-likeness (QED) is 0.756. The maximum atomic E-state index is 12.4. The Kier molecular flexibility index (Phi) is 6.22. The third-order valence-corrected chi connectivity index (χ3v) is 4.86. The van der Waals surface area contributed by atoms with Crippen molar-refractivity contribution in [1.29, 1.82) is 0 Å². The average molecular weight is 358 g/mol. The van der Waals surface area contributed by atoms with Crippen LogP contribution in [0.15, 0.2) is 33.9 Å². The molecule has 2 heterocycles. The first-order valence-corrected chi connectivity index (χ1v) is 9.36. The van der Waals surface area contributed by atoms with Crippen molar-refractivity contribution >= 4 is 16.8 Å². The molecule has 0 spiro atoms. The average Bonchev–Trinajstić information content (AvgIpc) is 2.91. The van der Waals surface area contributed by atoms with E-state index < -0.39 is 11.2 Å². The lowest BCUT2D eigenvalue weighted by atomic mass is 10.2. The highest BCUT2D eigenvalue weighted by Crippen LogP contribution is 2.09. The van der Waals surface area contributed by atoms with E-state index in [0.29, 0.717) is 17.4 Å². The Morgan fingerprint density at radius 2 is 1.81 bits per heavy atom. The topological polar surface area (TPSA) is 87.2 Å². The van der Waals surface area contributed by atoms with Gasteiger partial charge < -0.3 is 15.2 Å². The third-order valence-electron chi connectivity index (χ3n) is 4.86. The van der Waals surface area contributed by atoms with Crippen molar-refractivity contribution in [3.63, 3.8) is 0 Å². The van der Waals surface area contributed by atoms with Crippen LogP contribution in [0.1, 0.15) is 32.1 Å². The summed E-state index contributed by atoms with van der Waals surface area (Å²) >= 11 is 0. The Balaban J connectivity index is 1.53. The summed E-state index contributed by atoms with van der Waals surface area (Å²) in [5.41, 5.74) is -0.519. The maximum Gasteiger partial charge on any atom is 0.329 e. The number of likely N-dealkylation sites (tertiary alicyclic amines) is 1. The molecule has 2 aromatic rings. The third kappa shape index (κ3) is 4.60. The molecule has 3 rings (SSSR count). The number of carbonyl (C=O) groups is 1.